The number of benzene rings is 1. The van der Waals surface area contributed by atoms with E-state index in [9.17, 15) is 9.59 Å². The molecule has 2 aliphatic rings. The number of fused-ring (bicyclic) bond motifs is 3. The molecule has 34 heavy (non-hydrogen) atoms. The molecule has 7 heteroatoms. The van der Waals surface area contributed by atoms with Crippen molar-refractivity contribution < 1.29 is 4.79 Å². The van der Waals surface area contributed by atoms with Crippen molar-refractivity contribution in [2.24, 2.45) is 0 Å². The zero-order valence-electron chi connectivity index (χ0n) is 20.4. The number of nitrogens with one attached hydrogen (secondary N) is 1. The number of amides is 1. The van der Waals surface area contributed by atoms with E-state index in [0.29, 0.717) is 18.3 Å². The number of carbonyl (C=O) groups excluding carboxylic acids is 1. The number of thiophene rings is 1. The molecule has 180 valence electrons. The lowest BCUT2D eigenvalue weighted by molar-refractivity contribution is -0.116. The highest BCUT2D eigenvalue weighted by molar-refractivity contribution is 7.18. The van der Waals surface area contributed by atoms with Crippen LogP contribution in [0, 0.1) is 6.92 Å². The predicted octanol–water partition coefficient (Wildman–Crippen LogP) is 5.00. The highest BCUT2D eigenvalue weighted by Crippen LogP contribution is 2.34. The molecule has 0 unspecified atom stereocenters. The normalized spacial score (nSPS) is 16.4. The fourth-order valence-corrected chi connectivity index (χ4v) is 6.64. The second-order valence-electron chi connectivity index (χ2n) is 10.0. The van der Waals surface area contributed by atoms with Gasteiger partial charge in [0, 0.05) is 10.6 Å². The van der Waals surface area contributed by atoms with E-state index < -0.39 is 0 Å². The molecule has 3 aromatic rings. The Hall–Kier alpha value is -2.51. The maximum atomic E-state index is 13.8. The van der Waals surface area contributed by atoms with Gasteiger partial charge in [-0.05, 0) is 81.1 Å². The van der Waals surface area contributed by atoms with Crippen molar-refractivity contribution >= 4 is 33.1 Å². The summed E-state index contributed by atoms with van der Waals surface area (Å²) in [6, 6.07) is 6.10. The second kappa shape index (κ2) is 9.62. The van der Waals surface area contributed by atoms with Gasteiger partial charge in [-0.3, -0.25) is 19.1 Å². The number of aryl methyl sites for hydroxylation is 3. The van der Waals surface area contributed by atoms with Gasteiger partial charge in [0.25, 0.3) is 5.56 Å². The van der Waals surface area contributed by atoms with Crippen molar-refractivity contribution in [3.05, 3.63) is 55.9 Å². The second-order valence-corrected chi connectivity index (χ2v) is 11.1. The molecular formula is C27H34N4O2S. The smallest absolute Gasteiger partial charge is 0.263 e. The summed E-state index contributed by atoms with van der Waals surface area (Å²) in [5, 5.41) is 3.87. The molecule has 1 aromatic carbocycles. The van der Waals surface area contributed by atoms with Gasteiger partial charge in [-0.15, -0.1) is 11.3 Å². The van der Waals surface area contributed by atoms with E-state index in [1.807, 2.05) is 19.1 Å². The maximum Gasteiger partial charge on any atom is 0.263 e. The van der Waals surface area contributed by atoms with E-state index in [0.717, 1.165) is 59.4 Å². The van der Waals surface area contributed by atoms with E-state index >= 15 is 0 Å². The first-order valence-electron chi connectivity index (χ1n) is 12.6. The predicted molar refractivity (Wildman–Crippen MR) is 139 cm³/mol. The van der Waals surface area contributed by atoms with E-state index in [1.165, 1.54) is 29.7 Å². The van der Waals surface area contributed by atoms with Gasteiger partial charge in [-0.1, -0.05) is 32.0 Å². The molecule has 0 saturated carbocycles. The van der Waals surface area contributed by atoms with Crippen LogP contribution in [0.4, 0.5) is 5.69 Å². The summed E-state index contributed by atoms with van der Waals surface area (Å²) in [6.07, 6.45) is 6.59. The van der Waals surface area contributed by atoms with Crippen LogP contribution in [0.5, 0.6) is 0 Å². The standard InChI is InChI=1S/C27H34N4O2S/c1-17(2)19-11-8-9-18(3)25(19)29-23(32)16-31-22(15-30-13-6-7-14-30)28-26-24(27(31)33)20-10-4-5-12-21(20)34-26/h8-9,11,17H,4-7,10,12-16H2,1-3H3,(H,29,32). The molecule has 0 radical (unpaired) electrons. The van der Waals surface area contributed by atoms with E-state index in [1.54, 1.807) is 15.9 Å². The summed E-state index contributed by atoms with van der Waals surface area (Å²) in [6.45, 7) is 8.90. The fourth-order valence-electron chi connectivity index (χ4n) is 5.37. The Morgan fingerprint density at radius 3 is 2.68 bits per heavy atom. The van der Waals surface area contributed by atoms with Crippen LogP contribution in [0.1, 0.15) is 72.8 Å². The third-order valence-corrected chi connectivity index (χ3v) is 8.40. The van der Waals surface area contributed by atoms with Gasteiger partial charge in [-0.25, -0.2) is 4.98 Å². The first kappa shape index (κ1) is 23.2. The molecule has 0 atom stereocenters. The van der Waals surface area contributed by atoms with Crippen LogP contribution in [0.2, 0.25) is 0 Å². The minimum Gasteiger partial charge on any atom is -0.324 e. The maximum absolute atomic E-state index is 13.8. The average molecular weight is 479 g/mol. The number of anilines is 1. The SMILES string of the molecule is Cc1cccc(C(C)C)c1NC(=O)Cn1c(CN2CCCC2)nc2sc3c(c2c1=O)CCCC3. The van der Waals surface area contributed by atoms with Crippen molar-refractivity contribution in [2.45, 2.75) is 78.3 Å². The van der Waals surface area contributed by atoms with Gasteiger partial charge in [0.05, 0.1) is 11.9 Å². The van der Waals surface area contributed by atoms with Gasteiger partial charge < -0.3 is 5.32 Å². The summed E-state index contributed by atoms with van der Waals surface area (Å²) in [7, 11) is 0. The van der Waals surface area contributed by atoms with Crippen LogP contribution < -0.4 is 10.9 Å². The summed E-state index contributed by atoms with van der Waals surface area (Å²) >= 11 is 1.68. The molecule has 1 aliphatic heterocycles. The Morgan fingerprint density at radius 1 is 1.15 bits per heavy atom. The Kier molecular flexibility index (Phi) is 6.58. The molecule has 0 spiro atoms. The Bertz CT molecular complexity index is 1280. The van der Waals surface area contributed by atoms with Crippen LogP contribution in [0.3, 0.4) is 0 Å². The molecule has 1 saturated heterocycles. The Labute approximate surface area is 205 Å². The number of rotatable bonds is 6. The number of aromatic nitrogens is 2. The molecule has 1 fully saturated rings. The number of hydrogen-bond donors (Lipinski definition) is 1. The van der Waals surface area contributed by atoms with Gasteiger partial charge >= 0.3 is 0 Å². The minimum absolute atomic E-state index is 0.0125. The van der Waals surface area contributed by atoms with E-state index in [2.05, 4.69) is 30.1 Å². The van der Waals surface area contributed by atoms with Crippen LogP contribution >= 0.6 is 11.3 Å². The van der Waals surface area contributed by atoms with Gasteiger partial charge in [0.2, 0.25) is 5.91 Å². The minimum atomic E-state index is -0.175. The lowest BCUT2D eigenvalue weighted by atomic mass is 9.97. The van der Waals surface area contributed by atoms with E-state index in [4.69, 9.17) is 4.98 Å². The average Bonchev–Trinajstić information content (AvgIpc) is 3.45. The zero-order chi connectivity index (χ0) is 23.8. The van der Waals surface area contributed by atoms with Gasteiger partial charge in [0.1, 0.15) is 17.2 Å². The molecule has 2 aromatic heterocycles. The fraction of sp³-hybridized carbons (Fsp3) is 0.519. The molecule has 1 N–H and O–H groups in total. The molecule has 1 aliphatic carbocycles. The lowest BCUT2D eigenvalue weighted by Crippen LogP contribution is -2.34. The first-order chi connectivity index (χ1) is 16.4. The number of carbonyl (C=O) groups is 1. The van der Waals surface area contributed by atoms with Crippen molar-refractivity contribution in [2.75, 3.05) is 18.4 Å². The van der Waals surface area contributed by atoms with Crippen molar-refractivity contribution in [1.29, 1.82) is 0 Å². The quantitative estimate of drug-likeness (QED) is 0.541. The monoisotopic (exact) mass is 478 g/mol. The zero-order valence-corrected chi connectivity index (χ0v) is 21.3. The summed E-state index contributed by atoms with van der Waals surface area (Å²) < 4.78 is 1.64. The Morgan fingerprint density at radius 2 is 1.91 bits per heavy atom. The largest absolute Gasteiger partial charge is 0.324 e. The molecule has 1 amide bonds. The third kappa shape index (κ3) is 4.43. The highest BCUT2D eigenvalue weighted by atomic mass is 32.1. The molecular weight excluding hydrogens is 444 g/mol. The summed E-state index contributed by atoms with van der Waals surface area (Å²) in [5.41, 5.74) is 4.12. The number of para-hydroxylation sites is 1. The van der Waals surface area contributed by atoms with Crippen molar-refractivity contribution in [1.82, 2.24) is 14.5 Å². The third-order valence-electron chi connectivity index (χ3n) is 7.21. The summed E-state index contributed by atoms with van der Waals surface area (Å²) in [5.74, 6) is 0.826. The van der Waals surface area contributed by atoms with Crippen LogP contribution in [0.25, 0.3) is 10.2 Å². The lowest BCUT2D eigenvalue weighted by Gasteiger charge is -2.20. The van der Waals surface area contributed by atoms with Crippen molar-refractivity contribution in [3.63, 3.8) is 0 Å². The highest BCUT2D eigenvalue weighted by Gasteiger charge is 2.24. The number of likely N-dealkylation sites (tertiary alicyclic amines) is 1. The van der Waals surface area contributed by atoms with Crippen LogP contribution in [-0.4, -0.2) is 33.4 Å². The van der Waals surface area contributed by atoms with Crippen molar-refractivity contribution in [3.8, 4) is 0 Å². The molecule has 3 heterocycles. The van der Waals surface area contributed by atoms with Gasteiger partial charge in [0.15, 0.2) is 0 Å². The molecule has 5 rings (SSSR count). The number of nitrogens with zero attached hydrogens (tertiary/aromatic N) is 3. The molecule has 6 nitrogen and oxygen atoms in total. The van der Waals surface area contributed by atoms with E-state index in [-0.39, 0.29) is 18.0 Å². The topological polar surface area (TPSA) is 67.2 Å². The Balaban J connectivity index is 1.53. The van der Waals surface area contributed by atoms with Gasteiger partial charge in [-0.2, -0.15) is 0 Å². The summed E-state index contributed by atoms with van der Waals surface area (Å²) in [4.78, 5) is 36.6. The first-order valence-corrected chi connectivity index (χ1v) is 13.4. The van der Waals surface area contributed by atoms with Crippen LogP contribution in [0.15, 0.2) is 23.0 Å². The number of hydrogen-bond acceptors (Lipinski definition) is 5. The van der Waals surface area contributed by atoms with Crippen LogP contribution in [-0.2, 0) is 30.7 Å². The molecule has 0 bridgehead atoms.